The number of thioether (sulfide) groups is 1. The highest BCUT2D eigenvalue weighted by molar-refractivity contribution is 7.98. The fourth-order valence-electron chi connectivity index (χ4n) is 2.41. The first kappa shape index (κ1) is 15.7. The Kier molecular flexibility index (Phi) is 5.50. The molecule has 0 atom stereocenters. The van der Waals surface area contributed by atoms with Crippen LogP contribution in [0.25, 0.3) is 0 Å². The van der Waals surface area contributed by atoms with Gasteiger partial charge in [-0.05, 0) is 55.0 Å². The van der Waals surface area contributed by atoms with Crippen molar-refractivity contribution in [1.82, 2.24) is 5.32 Å². The number of carbonyl (C=O) groups excluding carboxylic acids is 1. The third-order valence-corrected chi connectivity index (χ3v) is 4.22. The average molecular weight is 308 g/mol. The van der Waals surface area contributed by atoms with Crippen molar-refractivity contribution in [3.63, 3.8) is 0 Å². The van der Waals surface area contributed by atoms with Gasteiger partial charge in [0, 0.05) is 18.8 Å². The molecule has 114 valence electrons. The summed E-state index contributed by atoms with van der Waals surface area (Å²) in [7, 11) is 0. The van der Waals surface area contributed by atoms with Crippen LogP contribution in [-0.4, -0.2) is 42.2 Å². The predicted octanol–water partition coefficient (Wildman–Crippen LogP) is 2.60. The van der Waals surface area contributed by atoms with Gasteiger partial charge in [0.1, 0.15) is 0 Å². The SMILES string of the molecule is CSCCCCNC(=O)N1CCc2cc(C(=O)O)ccc21. The van der Waals surface area contributed by atoms with Crippen LogP contribution in [0.1, 0.15) is 28.8 Å². The maximum atomic E-state index is 12.2. The zero-order valence-electron chi connectivity index (χ0n) is 12.1. The van der Waals surface area contributed by atoms with E-state index in [4.69, 9.17) is 5.11 Å². The molecule has 0 bridgehead atoms. The summed E-state index contributed by atoms with van der Waals surface area (Å²) in [5.41, 5.74) is 2.02. The van der Waals surface area contributed by atoms with E-state index in [1.807, 2.05) is 11.8 Å². The van der Waals surface area contributed by atoms with Gasteiger partial charge in [0.15, 0.2) is 0 Å². The minimum atomic E-state index is -0.936. The lowest BCUT2D eigenvalue weighted by Crippen LogP contribution is -2.39. The van der Waals surface area contributed by atoms with Crippen molar-refractivity contribution < 1.29 is 14.7 Å². The van der Waals surface area contributed by atoms with Crippen molar-refractivity contribution in [2.75, 3.05) is 30.0 Å². The van der Waals surface area contributed by atoms with Crippen LogP contribution in [-0.2, 0) is 6.42 Å². The first-order valence-corrected chi connectivity index (χ1v) is 8.43. The van der Waals surface area contributed by atoms with E-state index < -0.39 is 5.97 Å². The highest BCUT2D eigenvalue weighted by atomic mass is 32.2. The topological polar surface area (TPSA) is 69.6 Å². The molecule has 0 saturated heterocycles. The van der Waals surface area contributed by atoms with E-state index in [0.717, 1.165) is 29.8 Å². The molecule has 0 spiro atoms. The Hall–Kier alpha value is -1.69. The number of carboxylic acids is 1. The number of urea groups is 1. The Bertz CT molecular complexity index is 534. The van der Waals surface area contributed by atoms with Crippen LogP contribution in [0.2, 0.25) is 0 Å². The second-order valence-electron chi connectivity index (χ2n) is 4.98. The fraction of sp³-hybridized carbons (Fsp3) is 0.467. The molecule has 0 fully saturated rings. The summed E-state index contributed by atoms with van der Waals surface area (Å²) in [5.74, 6) is 0.176. The van der Waals surface area contributed by atoms with Gasteiger partial charge in [0.2, 0.25) is 0 Å². The van der Waals surface area contributed by atoms with E-state index in [-0.39, 0.29) is 11.6 Å². The van der Waals surface area contributed by atoms with Crippen molar-refractivity contribution in [2.45, 2.75) is 19.3 Å². The maximum Gasteiger partial charge on any atom is 0.335 e. The third-order valence-electron chi connectivity index (χ3n) is 3.52. The van der Waals surface area contributed by atoms with Gasteiger partial charge in [-0.1, -0.05) is 0 Å². The summed E-state index contributed by atoms with van der Waals surface area (Å²) in [6.07, 6.45) is 4.85. The maximum absolute atomic E-state index is 12.2. The van der Waals surface area contributed by atoms with Crippen LogP contribution in [0, 0.1) is 0 Å². The second kappa shape index (κ2) is 7.36. The molecule has 0 unspecified atom stereocenters. The van der Waals surface area contributed by atoms with Crippen LogP contribution >= 0.6 is 11.8 Å². The monoisotopic (exact) mass is 308 g/mol. The molecule has 0 radical (unpaired) electrons. The second-order valence-corrected chi connectivity index (χ2v) is 5.97. The zero-order valence-corrected chi connectivity index (χ0v) is 12.9. The standard InChI is InChI=1S/C15H20N2O3S/c1-21-9-3-2-7-16-15(20)17-8-6-11-10-12(14(18)19)4-5-13(11)17/h4-5,10H,2-3,6-9H2,1H3,(H,16,20)(H,18,19). The molecule has 2 amide bonds. The Labute approximate surface area is 128 Å². The van der Waals surface area contributed by atoms with Gasteiger partial charge in [-0.3, -0.25) is 4.90 Å². The lowest BCUT2D eigenvalue weighted by molar-refractivity contribution is 0.0697. The van der Waals surface area contributed by atoms with Gasteiger partial charge in [0.25, 0.3) is 0 Å². The van der Waals surface area contributed by atoms with Crippen LogP contribution in [0.3, 0.4) is 0 Å². The average Bonchev–Trinajstić information content (AvgIpc) is 2.89. The van der Waals surface area contributed by atoms with Crippen LogP contribution in [0.15, 0.2) is 18.2 Å². The van der Waals surface area contributed by atoms with E-state index in [9.17, 15) is 9.59 Å². The highest BCUT2D eigenvalue weighted by Gasteiger charge is 2.25. The molecule has 2 rings (SSSR count). The first-order chi connectivity index (χ1) is 10.1. The fourth-order valence-corrected chi connectivity index (χ4v) is 2.90. The highest BCUT2D eigenvalue weighted by Crippen LogP contribution is 2.28. The summed E-state index contributed by atoms with van der Waals surface area (Å²) in [5, 5.41) is 11.9. The molecule has 1 heterocycles. The molecule has 5 nitrogen and oxygen atoms in total. The molecule has 2 N–H and O–H groups in total. The predicted molar refractivity (Wildman–Crippen MR) is 85.5 cm³/mol. The Morgan fingerprint density at radius 2 is 2.19 bits per heavy atom. The number of nitrogens with zero attached hydrogens (tertiary/aromatic N) is 1. The van der Waals surface area contributed by atoms with E-state index in [2.05, 4.69) is 11.6 Å². The number of anilines is 1. The molecule has 0 aliphatic carbocycles. The number of hydrogen-bond acceptors (Lipinski definition) is 3. The van der Waals surface area contributed by atoms with E-state index >= 15 is 0 Å². The zero-order chi connectivity index (χ0) is 15.2. The number of unbranched alkanes of at least 4 members (excludes halogenated alkanes) is 1. The number of benzene rings is 1. The summed E-state index contributed by atoms with van der Waals surface area (Å²) in [6, 6.07) is 4.83. The molecular weight excluding hydrogens is 288 g/mol. The van der Waals surface area contributed by atoms with Gasteiger partial charge in [-0.25, -0.2) is 9.59 Å². The Balaban J connectivity index is 1.92. The van der Waals surface area contributed by atoms with Gasteiger partial charge >= 0.3 is 12.0 Å². The smallest absolute Gasteiger partial charge is 0.335 e. The number of aromatic carboxylic acids is 1. The number of rotatable bonds is 6. The quantitative estimate of drug-likeness (QED) is 0.793. The number of hydrogen-bond donors (Lipinski definition) is 2. The molecule has 1 aliphatic heterocycles. The minimum absolute atomic E-state index is 0.0963. The number of carbonyl (C=O) groups is 2. The van der Waals surface area contributed by atoms with Crippen molar-refractivity contribution in [3.05, 3.63) is 29.3 Å². The lowest BCUT2D eigenvalue weighted by atomic mass is 10.1. The summed E-state index contributed by atoms with van der Waals surface area (Å²) >= 11 is 1.81. The van der Waals surface area contributed by atoms with Crippen LogP contribution in [0.5, 0.6) is 0 Å². The lowest BCUT2D eigenvalue weighted by Gasteiger charge is -2.18. The van der Waals surface area contributed by atoms with Crippen LogP contribution < -0.4 is 10.2 Å². The molecule has 1 aromatic carbocycles. The molecule has 0 saturated carbocycles. The van der Waals surface area contributed by atoms with Crippen molar-refractivity contribution in [1.29, 1.82) is 0 Å². The Morgan fingerprint density at radius 1 is 1.38 bits per heavy atom. The normalized spacial score (nSPS) is 13.1. The largest absolute Gasteiger partial charge is 0.478 e. The van der Waals surface area contributed by atoms with E-state index in [1.54, 1.807) is 23.1 Å². The first-order valence-electron chi connectivity index (χ1n) is 7.04. The molecule has 1 aromatic rings. The van der Waals surface area contributed by atoms with Gasteiger partial charge in [-0.15, -0.1) is 0 Å². The van der Waals surface area contributed by atoms with Crippen molar-refractivity contribution in [2.24, 2.45) is 0 Å². The van der Waals surface area contributed by atoms with Gasteiger partial charge < -0.3 is 10.4 Å². The molecule has 6 heteroatoms. The molecular formula is C15H20N2O3S. The summed E-state index contributed by atoms with van der Waals surface area (Å²) in [6.45, 7) is 1.29. The third kappa shape index (κ3) is 3.91. The van der Waals surface area contributed by atoms with E-state index in [0.29, 0.717) is 19.5 Å². The number of fused-ring (bicyclic) bond motifs is 1. The number of amides is 2. The summed E-state index contributed by atoms with van der Waals surface area (Å²) in [4.78, 5) is 24.8. The molecule has 1 aliphatic rings. The minimum Gasteiger partial charge on any atom is -0.478 e. The van der Waals surface area contributed by atoms with E-state index in [1.165, 1.54) is 0 Å². The molecule has 21 heavy (non-hydrogen) atoms. The van der Waals surface area contributed by atoms with Crippen molar-refractivity contribution in [3.8, 4) is 0 Å². The van der Waals surface area contributed by atoms with Gasteiger partial charge in [-0.2, -0.15) is 11.8 Å². The molecule has 0 aromatic heterocycles. The summed E-state index contributed by atoms with van der Waals surface area (Å²) < 4.78 is 0. The Morgan fingerprint density at radius 3 is 2.90 bits per heavy atom. The number of nitrogens with one attached hydrogen (secondary N) is 1. The number of carboxylic acid groups (broad SMARTS) is 1. The van der Waals surface area contributed by atoms with Gasteiger partial charge in [0.05, 0.1) is 5.56 Å². The van der Waals surface area contributed by atoms with Crippen LogP contribution in [0.4, 0.5) is 10.5 Å². The van der Waals surface area contributed by atoms with Crippen molar-refractivity contribution >= 4 is 29.4 Å².